The van der Waals surface area contributed by atoms with Crippen molar-refractivity contribution in [3.63, 3.8) is 0 Å². The van der Waals surface area contributed by atoms with Gasteiger partial charge in [0.05, 0.1) is 25.4 Å². The fourth-order valence-electron chi connectivity index (χ4n) is 1.35. The van der Waals surface area contributed by atoms with Crippen molar-refractivity contribution in [1.29, 1.82) is 0 Å². The van der Waals surface area contributed by atoms with Crippen molar-refractivity contribution in [3.8, 4) is 5.75 Å². The van der Waals surface area contributed by atoms with Crippen LogP contribution in [0.3, 0.4) is 0 Å². The van der Waals surface area contributed by atoms with E-state index < -0.39 is 12.1 Å². The third kappa shape index (κ3) is 5.72. The van der Waals surface area contributed by atoms with Gasteiger partial charge in [0.25, 0.3) is 0 Å². The van der Waals surface area contributed by atoms with Crippen LogP contribution in [-0.4, -0.2) is 43.6 Å². The average Bonchev–Trinajstić information content (AvgIpc) is 2.42. The van der Waals surface area contributed by atoms with Gasteiger partial charge in [-0.3, -0.25) is 0 Å². The Morgan fingerprint density at radius 1 is 1.21 bits per heavy atom. The Bertz CT molecular complexity index is 385. The Kier molecular flexibility index (Phi) is 6.32. The molecule has 0 aromatic heterocycles. The van der Waals surface area contributed by atoms with Gasteiger partial charge in [0, 0.05) is 0 Å². The molecule has 0 saturated carbocycles. The summed E-state index contributed by atoms with van der Waals surface area (Å²) >= 11 is 0. The van der Waals surface area contributed by atoms with Crippen molar-refractivity contribution in [2.75, 3.05) is 20.3 Å². The van der Waals surface area contributed by atoms with E-state index in [1.165, 1.54) is 7.11 Å². The Hall–Kier alpha value is -1.59. The van der Waals surface area contributed by atoms with E-state index in [9.17, 15) is 9.90 Å². The molecular weight excluding hydrogens is 248 g/mol. The molecule has 5 heteroatoms. The second-order valence-electron chi connectivity index (χ2n) is 4.36. The smallest absolute Gasteiger partial charge is 0.337 e. The lowest BCUT2D eigenvalue weighted by Gasteiger charge is -2.14. The Labute approximate surface area is 113 Å². The van der Waals surface area contributed by atoms with Gasteiger partial charge in [0.15, 0.2) is 0 Å². The molecule has 0 radical (unpaired) electrons. The summed E-state index contributed by atoms with van der Waals surface area (Å²) in [5.74, 6) is 0.188. The standard InChI is InChI=1S/C14H20O5/c1-10(2)18-8-12(15)9-19-13-6-4-11(5-7-13)14(16)17-3/h4-7,10,12,15H,8-9H2,1-3H3. The first-order valence-electron chi connectivity index (χ1n) is 6.13. The van der Waals surface area contributed by atoms with Crippen LogP contribution in [0.4, 0.5) is 0 Å². The van der Waals surface area contributed by atoms with E-state index in [1.807, 2.05) is 13.8 Å². The van der Waals surface area contributed by atoms with Gasteiger partial charge < -0.3 is 19.3 Å². The molecule has 1 aromatic carbocycles. The predicted molar refractivity (Wildman–Crippen MR) is 70.4 cm³/mol. The Morgan fingerprint density at radius 3 is 2.37 bits per heavy atom. The summed E-state index contributed by atoms with van der Waals surface area (Å²) < 4.78 is 15.2. The number of carbonyl (C=O) groups excluding carboxylic acids is 1. The molecule has 0 aliphatic rings. The normalized spacial score (nSPS) is 12.3. The van der Waals surface area contributed by atoms with Gasteiger partial charge in [-0.25, -0.2) is 4.79 Å². The van der Waals surface area contributed by atoms with E-state index in [0.29, 0.717) is 11.3 Å². The molecule has 0 aliphatic heterocycles. The first-order valence-corrected chi connectivity index (χ1v) is 6.13. The highest BCUT2D eigenvalue weighted by molar-refractivity contribution is 5.89. The zero-order chi connectivity index (χ0) is 14.3. The fraction of sp³-hybridized carbons (Fsp3) is 0.500. The van der Waals surface area contributed by atoms with Crippen LogP contribution in [0.25, 0.3) is 0 Å². The van der Waals surface area contributed by atoms with E-state index in [4.69, 9.17) is 9.47 Å². The van der Waals surface area contributed by atoms with Crippen molar-refractivity contribution in [2.24, 2.45) is 0 Å². The number of aliphatic hydroxyl groups excluding tert-OH is 1. The van der Waals surface area contributed by atoms with Crippen LogP contribution in [0, 0.1) is 0 Å². The molecule has 0 saturated heterocycles. The van der Waals surface area contributed by atoms with Gasteiger partial charge in [0.1, 0.15) is 18.5 Å². The van der Waals surface area contributed by atoms with Crippen molar-refractivity contribution >= 4 is 5.97 Å². The second-order valence-corrected chi connectivity index (χ2v) is 4.36. The number of hydrogen-bond acceptors (Lipinski definition) is 5. The zero-order valence-corrected chi connectivity index (χ0v) is 11.5. The largest absolute Gasteiger partial charge is 0.491 e. The van der Waals surface area contributed by atoms with Crippen LogP contribution >= 0.6 is 0 Å². The third-order valence-corrected chi connectivity index (χ3v) is 2.34. The average molecular weight is 268 g/mol. The molecule has 1 unspecified atom stereocenters. The van der Waals surface area contributed by atoms with E-state index in [2.05, 4.69) is 4.74 Å². The van der Waals surface area contributed by atoms with Crippen LogP contribution in [0.2, 0.25) is 0 Å². The lowest BCUT2D eigenvalue weighted by molar-refractivity contribution is -0.0122. The van der Waals surface area contributed by atoms with E-state index in [-0.39, 0.29) is 19.3 Å². The van der Waals surface area contributed by atoms with Crippen LogP contribution in [0.1, 0.15) is 24.2 Å². The topological polar surface area (TPSA) is 65.0 Å². The number of benzene rings is 1. The molecule has 0 amide bonds. The molecule has 0 heterocycles. The van der Waals surface area contributed by atoms with Gasteiger partial charge in [-0.1, -0.05) is 0 Å². The molecule has 0 fully saturated rings. The molecule has 1 N–H and O–H groups in total. The first kappa shape index (κ1) is 15.5. The third-order valence-electron chi connectivity index (χ3n) is 2.34. The van der Waals surface area contributed by atoms with Gasteiger partial charge >= 0.3 is 5.97 Å². The summed E-state index contributed by atoms with van der Waals surface area (Å²) in [5.41, 5.74) is 0.457. The molecule has 106 valence electrons. The summed E-state index contributed by atoms with van der Waals surface area (Å²) in [6.07, 6.45) is -0.600. The van der Waals surface area contributed by atoms with Crippen LogP contribution in [0.5, 0.6) is 5.75 Å². The van der Waals surface area contributed by atoms with Crippen LogP contribution in [-0.2, 0) is 9.47 Å². The number of carbonyl (C=O) groups is 1. The van der Waals surface area contributed by atoms with Crippen molar-refractivity contribution in [2.45, 2.75) is 26.1 Å². The van der Waals surface area contributed by atoms with Gasteiger partial charge in [-0.2, -0.15) is 0 Å². The quantitative estimate of drug-likeness (QED) is 0.761. The highest BCUT2D eigenvalue weighted by Crippen LogP contribution is 2.13. The lowest BCUT2D eigenvalue weighted by atomic mass is 10.2. The molecule has 0 spiro atoms. The minimum atomic E-state index is -0.678. The number of hydrogen-bond donors (Lipinski definition) is 1. The number of esters is 1. The maximum absolute atomic E-state index is 11.2. The molecular formula is C14H20O5. The maximum atomic E-state index is 11.2. The zero-order valence-electron chi connectivity index (χ0n) is 11.5. The number of ether oxygens (including phenoxy) is 3. The fourth-order valence-corrected chi connectivity index (χ4v) is 1.35. The van der Waals surface area contributed by atoms with Gasteiger partial charge in [-0.05, 0) is 38.1 Å². The molecule has 0 aliphatic carbocycles. The van der Waals surface area contributed by atoms with Crippen molar-refractivity contribution in [1.82, 2.24) is 0 Å². The number of rotatable bonds is 7. The SMILES string of the molecule is COC(=O)c1ccc(OCC(O)COC(C)C)cc1. The van der Waals surface area contributed by atoms with Crippen molar-refractivity contribution in [3.05, 3.63) is 29.8 Å². The summed E-state index contributed by atoms with van der Waals surface area (Å²) in [7, 11) is 1.33. The highest BCUT2D eigenvalue weighted by atomic mass is 16.5. The number of aliphatic hydroxyl groups is 1. The maximum Gasteiger partial charge on any atom is 0.337 e. The van der Waals surface area contributed by atoms with E-state index >= 15 is 0 Å². The van der Waals surface area contributed by atoms with E-state index in [0.717, 1.165) is 0 Å². The molecule has 5 nitrogen and oxygen atoms in total. The van der Waals surface area contributed by atoms with E-state index in [1.54, 1.807) is 24.3 Å². The molecule has 0 bridgehead atoms. The van der Waals surface area contributed by atoms with Crippen LogP contribution < -0.4 is 4.74 Å². The second kappa shape index (κ2) is 7.76. The van der Waals surface area contributed by atoms with Crippen molar-refractivity contribution < 1.29 is 24.1 Å². The highest BCUT2D eigenvalue weighted by Gasteiger charge is 2.08. The van der Waals surface area contributed by atoms with Crippen LogP contribution in [0.15, 0.2) is 24.3 Å². The predicted octanol–water partition coefficient (Wildman–Crippen LogP) is 1.64. The lowest BCUT2D eigenvalue weighted by Crippen LogP contribution is -2.25. The number of methoxy groups -OCH3 is 1. The van der Waals surface area contributed by atoms with Gasteiger partial charge in [-0.15, -0.1) is 0 Å². The molecule has 1 aromatic rings. The molecule has 1 rings (SSSR count). The molecule has 1 atom stereocenters. The Balaban J connectivity index is 2.39. The monoisotopic (exact) mass is 268 g/mol. The first-order chi connectivity index (χ1) is 9.02. The molecule has 19 heavy (non-hydrogen) atoms. The Morgan fingerprint density at radius 2 is 1.84 bits per heavy atom. The summed E-state index contributed by atoms with van der Waals surface area (Å²) in [6, 6.07) is 6.53. The summed E-state index contributed by atoms with van der Waals surface area (Å²) in [5, 5.41) is 9.62. The van der Waals surface area contributed by atoms with Gasteiger partial charge in [0.2, 0.25) is 0 Å². The summed E-state index contributed by atoms with van der Waals surface area (Å²) in [4.78, 5) is 11.2. The minimum Gasteiger partial charge on any atom is -0.491 e. The summed E-state index contributed by atoms with van der Waals surface area (Å²) in [6.45, 7) is 4.18. The minimum absolute atomic E-state index is 0.0778.